The Labute approximate surface area is 130 Å². The van der Waals surface area contributed by atoms with Crippen molar-refractivity contribution < 1.29 is 9.53 Å². The molecular formula is C17H21NO2S. The summed E-state index contributed by atoms with van der Waals surface area (Å²) in [5.41, 5.74) is 1.18. The molecule has 0 spiro atoms. The number of hydrogen-bond acceptors (Lipinski definition) is 3. The highest BCUT2D eigenvalue weighted by Gasteiger charge is 2.21. The molecule has 0 N–H and O–H groups in total. The number of hydrogen-bond donors (Lipinski definition) is 0. The lowest BCUT2D eigenvalue weighted by molar-refractivity contribution is -0.138. The van der Waals surface area contributed by atoms with E-state index in [1.165, 1.54) is 10.4 Å². The highest BCUT2D eigenvalue weighted by molar-refractivity contribution is 7.09. The van der Waals surface area contributed by atoms with Crippen LogP contribution in [0, 0.1) is 6.92 Å². The number of carbonyl (C=O) groups is 1. The van der Waals surface area contributed by atoms with E-state index >= 15 is 0 Å². The van der Waals surface area contributed by atoms with E-state index in [0.29, 0.717) is 13.1 Å². The Bertz CT molecular complexity index is 563. The van der Waals surface area contributed by atoms with Crippen LogP contribution in [0.15, 0.2) is 41.8 Å². The minimum Gasteiger partial charge on any atom is -0.481 e. The summed E-state index contributed by atoms with van der Waals surface area (Å²) in [6.07, 6.45) is -0.479. The average Bonchev–Trinajstić information content (AvgIpc) is 2.99. The number of ether oxygens (including phenoxy) is 1. The highest BCUT2D eigenvalue weighted by atomic mass is 32.1. The van der Waals surface area contributed by atoms with Crippen molar-refractivity contribution in [1.29, 1.82) is 0 Å². The van der Waals surface area contributed by atoms with E-state index in [2.05, 4.69) is 0 Å². The van der Waals surface area contributed by atoms with E-state index in [1.807, 2.05) is 60.5 Å². The van der Waals surface area contributed by atoms with Crippen molar-refractivity contribution in [1.82, 2.24) is 4.90 Å². The summed E-state index contributed by atoms with van der Waals surface area (Å²) in [7, 11) is 0. The third-order valence-corrected chi connectivity index (χ3v) is 4.16. The zero-order valence-electron chi connectivity index (χ0n) is 12.7. The molecule has 0 fully saturated rings. The smallest absolute Gasteiger partial charge is 0.263 e. The Balaban J connectivity index is 1.97. The van der Waals surface area contributed by atoms with Gasteiger partial charge in [-0.1, -0.05) is 23.8 Å². The van der Waals surface area contributed by atoms with Gasteiger partial charge in [0, 0.05) is 11.4 Å². The van der Waals surface area contributed by atoms with Crippen LogP contribution in [0.1, 0.15) is 24.3 Å². The van der Waals surface area contributed by atoms with Crippen LogP contribution < -0.4 is 4.74 Å². The molecule has 0 aliphatic heterocycles. The summed E-state index contributed by atoms with van der Waals surface area (Å²) in [6.45, 7) is 7.15. The maximum absolute atomic E-state index is 12.5. The quantitative estimate of drug-likeness (QED) is 0.810. The molecule has 0 radical (unpaired) electrons. The Kier molecular flexibility index (Phi) is 5.39. The first-order chi connectivity index (χ1) is 10.1. The van der Waals surface area contributed by atoms with Crippen LogP contribution in [0.4, 0.5) is 0 Å². The first-order valence-electron chi connectivity index (χ1n) is 7.14. The van der Waals surface area contributed by atoms with Gasteiger partial charge in [-0.15, -0.1) is 11.3 Å². The third kappa shape index (κ3) is 4.33. The molecule has 0 saturated heterocycles. The van der Waals surface area contributed by atoms with E-state index in [9.17, 15) is 4.79 Å². The lowest BCUT2D eigenvalue weighted by Crippen LogP contribution is -2.39. The summed E-state index contributed by atoms with van der Waals surface area (Å²) in [4.78, 5) is 15.5. The molecule has 3 nitrogen and oxygen atoms in total. The third-order valence-electron chi connectivity index (χ3n) is 3.30. The monoisotopic (exact) mass is 303 g/mol. The molecule has 2 aromatic rings. The number of nitrogens with zero attached hydrogens (tertiary/aromatic N) is 1. The normalized spacial score (nSPS) is 12.0. The largest absolute Gasteiger partial charge is 0.481 e. The molecule has 0 bridgehead atoms. The van der Waals surface area contributed by atoms with Crippen LogP contribution in [0.2, 0.25) is 0 Å². The molecule has 0 aliphatic rings. The van der Waals surface area contributed by atoms with Gasteiger partial charge in [0.05, 0.1) is 6.54 Å². The predicted octanol–water partition coefficient (Wildman–Crippen LogP) is 3.87. The van der Waals surface area contributed by atoms with Gasteiger partial charge in [-0.25, -0.2) is 0 Å². The Morgan fingerprint density at radius 2 is 2.00 bits per heavy atom. The summed E-state index contributed by atoms with van der Waals surface area (Å²) >= 11 is 1.67. The van der Waals surface area contributed by atoms with Crippen molar-refractivity contribution in [3.8, 4) is 5.75 Å². The van der Waals surface area contributed by atoms with Crippen molar-refractivity contribution in [2.75, 3.05) is 6.54 Å². The van der Waals surface area contributed by atoms with Gasteiger partial charge in [0.25, 0.3) is 5.91 Å². The summed E-state index contributed by atoms with van der Waals surface area (Å²) < 4.78 is 5.75. The van der Waals surface area contributed by atoms with Gasteiger partial charge in [-0.3, -0.25) is 4.79 Å². The van der Waals surface area contributed by atoms with Gasteiger partial charge in [0.2, 0.25) is 0 Å². The molecule has 2 rings (SSSR count). The first-order valence-corrected chi connectivity index (χ1v) is 8.02. The van der Waals surface area contributed by atoms with Crippen molar-refractivity contribution in [2.45, 2.75) is 33.4 Å². The molecule has 1 aromatic carbocycles. The second kappa shape index (κ2) is 7.27. The first kappa shape index (κ1) is 15.6. The van der Waals surface area contributed by atoms with Gasteiger partial charge >= 0.3 is 0 Å². The Morgan fingerprint density at radius 3 is 2.57 bits per heavy atom. The fraction of sp³-hybridized carbons (Fsp3) is 0.353. The molecule has 1 atom stereocenters. The molecule has 0 aliphatic carbocycles. The standard InChI is InChI=1S/C17H21NO2S/c1-4-18(12-16-6-5-11-21-16)17(19)14(3)20-15-9-7-13(2)8-10-15/h5-11,14H,4,12H2,1-3H3. The van der Waals surface area contributed by atoms with Crippen LogP contribution in [0.5, 0.6) is 5.75 Å². The minimum atomic E-state index is -0.479. The second-order valence-electron chi connectivity index (χ2n) is 5.00. The van der Waals surface area contributed by atoms with Crippen molar-refractivity contribution in [3.63, 3.8) is 0 Å². The maximum Gasteiger partial charge on any atom is 0.263 e. The molecule has 4 heteroatoms. The lowest BCUT2D eigenvalue weighted by Gasteiger charge is -2.24. The van der Waals surface area contributed by atoms with Crippen molar-refractivity contribution in [2.24, 2.45) is 0 Å². The van der Waals surface area contributed by atoms with Crippen LogP contribution in [0.25, 0.3) is 0 Å². The van der Waals surface area contributed by atoms with Crippen LogP contribution in [-0.4, -0.2) is 23.5 Å². The van der Waals surface area contributed by atoms with Crippen molar-refractivity contribution in [3.05, 3.63) is 52.2 Å². The molecular weight excluding hydrogens is 282 g/mol. The molecule has 1 amide bonds. The average molecular weight is 303 g/mol. The summed E-state index contributed by atoms with van der Waals surface area (Å²) in [6, 6.07) is 11.8. The Hall–Kier alpha value is -1.81. The van der Waals surface area contributed by atoms with E-state index in [1.54, 1.807) is 18.3 Å². The summed E-state index contributed by atoms with van der Waals surface area (Å²) in [5.74, 6) is 0.750. The predicted molar refractivity (Wildman–Crippen MR) is 86.7 cm³/mol. The molecule has 112 valence electrons. The van der Waals surface area contributed by atoms with E-state index in [4.69, 9.17) is 4.74 Å². The molecule has 1 unspecified atom stereocenters. The summed E-state index contributed by atoms with van der Waals surface area (Å²) in [5, 5.41) is 2.03. The number of carbonyl (C=O) groups excluding carboxylic acids is 1. The number of likely N-dealkylation sites (N-methyl/N-ethyl adjacent to an activating group) is 1. The molecule has 1 heterocycles. The van der Waals surface area contributed by atoms with Gasteiger partial charge in [0.1, 0.15) is 5.75 Å². The van der Waals surface area contributed by atoms with E-state index < -0.39 is 6.10 Å². The SMILES string of the molecule is CCN(Cc1cccs1)C(=O)C(C)Oc1ccc(C)cc1. The van der Waals surface area contributed by atoms with Gasteiger partial charge in [-0.05, 0) is 44.4 Å². The fourth-order valence-corrected chi connectivity index (χ4v) is 2.78. The lowest BCUT2D eigenvalue weighted by atomic mass is 10.2. The van der Waals surface area contributed by atoms with Gasteiger partial charge in [0.15, 0.2) is 6.10 Å². The second-order valence-corrected chi connectivity index (χ2v) is 6.04. The van der Waals surface area contributed by atoms with Crippen LogP contribution in [-0.2, 0) is 11.3 Å². The van der Waals surface area contributed by atoms with Gasteiger partial charge in [-0.2, -0.15) is 0 Å². The number of thiophene rings is 1. The number of amides is 1. The fourth-order valence-electron chi connectivity index (χ4n) is 2.06. The molecule has 21 heavy (non-hydrogen) atoms. The van der Waals surface area contributed by atoms with Crippen molar-refractivity contribution >= 4 is 17.2 Å². The Morgan fingerprint density at radius 1 is 1.29 bits per heavy atom. The topological polar surface area (TPSA) is 29.5 Å². The molecule has 0 saturated carbocycles. The van der Waals surface area contributed by atoms with Crippen LogP contribution >= 0.6 is 11.3 Å². The highest BCUT2D eigenvalue weighted by Crippen LogP contribution is 2.16. The molecule has 1 aromatic heterocycles. The van der Waals surface area contributed by atoms with E-state index in [-0.39, 0.29) is 5.91 Å². The number of benzene rings is 1. The van der Waals surface area contributed by atoms with Crippen LogP contribution in [0.3, 0.4) is 0 Å². The van der Waals surface area contributed by atoms with E-state index in [0.717, 1.165) is 5.75 Å². The van der Waals surface area contributed by atoms with Gasteiger partial charge < -0.3 is 9.64 Å². The minimum absolute atomic E-state index is 0.0199. The zero-order chi connectivity index (χ0) is 15.2. The zero-order valence-corrected chi connectivity index (χ0v) is 13.5. The maximum atomic E-state index is 12.5. The number of aryl methyl sites for hydroxylation is 1. The number of rotatable bonds is 6.